The van der Waals surface area contributed by atoms with E-state index in [-0.39, 0.29) is 0 Å². The highest BCUT2D eigenvalue weighted by atomic mass is 14.2. The van der Waals surface area contributed by atoms with E-state index in [1.807, 2.05) is 0 Å². The minimum absolute atomic E-state index is 1.13. The van der Waals surface area contributed by atoms with Crippen LogP contribution in [-0.4, -0.2) is 0 Å². The Morgan fingerprint density at radius 2 is 1.15 bits per heavy atom. The van der Waals surface area contributed by atoms with Crippen molar-refractivity contribution in [2.75, 3.05) is 0 Å². The summed E-state index contributed by atoms with van der Waals surface area (Å²) in [6.45, 7) is 0. The smallest absolute Gasteiger partial charge is 0.0149 e. The van der Waals surface area contributed by atoms with Gasteiger partial charge in [-0.1, -0.05) is 91.0 Å². The van der Waals surface area contributed by atoms with Gasteiger partial charge in [-0.3, -0.25) is 0 Å². The summed E-state index contributed by atoms with van der Waals surface area (Å²) < 4.78 is 0. The van der Waals surface area contributed by atoms with Gasteiger partial charge in [-0.15, -0.1) is 0 Å². The number of hydrogen-bond acceptors (Lipinski definition) is 0. The standard InChI is InChI=1S/C26H20/c1-2-7-23-17-19(11-13-21(23)5-1)9-10-20-12-16-26-24(18-20)15-14-22-6-3-4-8-25(22)26/h1-13,16-18H,14-15H2. The third-order valence-electron chi connectivity index (χ3n) is 5.34. The van der Waals surface area contributed by atoms with Crippen LogP contribution in [0.2, 0.25) is 0 Å². The molecule has 0 aromatic heterocycles. The molecule has 5 rings (SSSR count). The Morgan fingerprint density at radius 1 is 0.500 bits per heavy atom. The molecule has 0 amide bonds. The van der Waals surface area contributed by atoms with Crippen LogP contribution in [0.4, 0.5) is 0 Å². The van der Waals surface area contributed by atoms with E-state index in [1.165, 1.54) is 44.2 Å². The van der Waals surface area contributed by atoms with E-state index in [9.17, 15) is 0 Å². The first-order valence-corrected chi connectivity index (χ1v) is 9.25. The molecule has 0 N–H and O–H groups in total. The molecule has 0 unspecified atom stereocenters. The predicted molar refractivity (Wildman–Crippen MR) is 112 cm³/mol. The van der Waals surface area contributed by atoms with E-state index >= 15 is 0 Å². The average molecular weight is 332 g/mol. The lowest BCUT2D eigenvalue weighted by molar-refractivity contribution is 0.941. The highest BCUT2D eigenvalue weighted by Gasteiger charge is 2.15. The maximum Gasteiger partial charge on any atom is -0.0149 e. The molecule has 1 aliphatic rings. The molecule has 26 heavy (non-hydrogen) atoms. The summed E-state index contributed by atoms with van der Waals surface area (Å²) in [5, 5.41) is 2.58. The SMILES string of the molecule is C(=Cc1ccc2ccccc2c1)c1ccc2c(c1)CCc1ccccc1-2. The first-order chi connectivity index (χ1) is 12.9. The molecule has 0 radical (unpaired) electrons. The molecule has 4 aromatic carbocycles. The Hall–Kier alpha value is -3.12. The Kier molecular flexibility index (Phi) is 3.68. The van der Waals surface area contributed by atoms with Crippen molar-refractivity contribution in [1.29, 1.82) is 0 Å². The fourth-order valence-corrected chi connectivity index (χ4v) is 3.96. The van der Waals surface area contributed by atoms with Crippen molar-refractivity contribution in [3.63, 3.8) is 0 Å². The molecule has 0 atom stereocenters. The van der Waals surface area contributed by atoms with Crippen LogP contribution in [0.25, 0.3) is 34.1 Å². The molecule has 0 saturated carbocycles. The quantitative estimate of drug-likeness (QED) is 0.355. The first kappa shape index (κ1) is 15.2. The Balaban J connectivity index is 1.47. The molecule has 0 spiro atoms. The highest BCUT2D eigenvalue weighted by Crippen LogP contribution is 2.34. The number of fused-ring (bicyclic) bond motifs is 4. The normalized spacial score (nSPS) is 12.9. The fraction of sp³-hybridized carbons (Fsp3) is 0.0769. The lowest BCUT2D eigenvalue weighted by atomic mass is 9.85. The van der Waals surface area contributed by atoms with Crippen molar-refractivity contribution in [2.24, 2.45) is 0 Å². The second-order valence-electron chi connectivity index (χ2n) is 7.01. The lowest BCUT2D eigenvalue weighted by Crippen LogP contribution is -2.03. The zero-order chi connectivity index (χ0) is 17.3. The van der Waals surface area contributed by atoms with Crippen LogP contribution >= 0.6 is 0 Å². The van der Waals surface area contributed by atoms with Crippen LogP contribution in [0.3, 0.4) is 0 Å². The van der Waals surface area contributed by atoms with Gasteiger partial charge < -0.3 is 0 Å². The molecular formula is C26H20. The van der Waals surface area contributed by atoms with Gasteiger partial charge in [-0.2, -0.15) is 0 Å². The summed E-state index contributed by atoms with van der Waals surface area (Å²) in [5.41, 5.74) is 8.25. The van der Waals surface area contributed by atoms with Crippen molar-refractivity contribution >= 4 is 22.9 Å². The number of benzene rings is 4. The van der Waals surface area contributed by atoms with E-state index in [1.54, 1.807) is 0 Å². The van der Waals surface area contributed by atoms with Gasteiger partial charge in [0.25, 0.3) is 0 Å². The van der Waals surface area contributed by atoms with Crippen molar-refractivity contribution in [3.8, 4) is 11.1 Å². The number of rotatable bonds is 2. The zero-order valence-electron chi connectivity index (χ0n) is 14.7. The molecular weight excluding hydrogens is 312 g/mol. The topological polar surface area (TPSA) is 0 Å². The molecule has 0 bridgehead atoms. The first-order valence-electron chi connectivity index (χ1n) is 9.25. The van der Waals surface area contributed by atoms with E-state index in [2.05, 4.69) is 97.1 Å². The molecule has 0 fully saturated rings. The summed E-state index contributed by atoms with van der Waals surface area (Å²) >= 11 is 0. The highest BCUT2D eigenvalue weighted by molar-refractivity contribution is 5.86. The van der Waals surface area contributed by atoms with E-state index in [0.717, 1.165) is 12.8 Å². The van der Waals surface area contributed by atoms with Crippen LogP contribution < -0.4 is 0 Å². The van der Waals surface area contributed by atoms with Crippen LogP contribution in [0, 0.1) is 0 Å². The number of hydrogen-bond donors (Lipinski definition) is 0. The second-order valence-corrected chi connectivity index (χ2v) is 7.01. The molecule has 0 heteroatoms. The second kappa shape index (κ2) is 6.31. The molecule has 0 heterocycles. The molecule has 0 saturated heterocycles. The van der Waals surface area contributed by atoms with Crippen LogP contribution in [0.15, 0.2) is 84.9 Å². The predicted octanol–water partition coefficient (Wildman–Crippen LogP) is 6.78. The minimum atomic E-state index is 1.13. The maximum atomic E-state index is 2.35. The van der Waals surface area contributed by atoms with Gasteiger partial charge in [-0.05, 0) is 63.1 Å². The summed E-state index contributed by atoms with van der Waals surface area (Å²) in [6.07, 6.45) is 6.71. The van der Waals surface area contributed by atoms with Crippen molar-refractivity contribution in [3.05, 3.63) is 107 Å². The van der Waals surface area contributed by atoms with Crippen LogP contribution in [0.1, 0.15) is 22.3 Å². The van der Waals surface area contributed by atoms with Crippen molar-refractivity contribution < 1.29 is 0 Å². The molecule has 0 nitrogen and oxygen atoms in total. The summed E-state index contributed by atoms with van der Waals surface area (Å²) in [4.78, 5) is 0. The third-order valence-corrected chi connectivity index (χ3v) is 5.34. The molecule has 124 valence electrons. The average Bonchev–Trinajstić information content (AvgIpc) is 2.71. The van der Waals surface area contributed by atoms with E-state index in [0.29, 0.717) is 0 Å². The Morgan fingerprint density at radius 3 is 2.08 bits per heavy atom. The van der Waals surface area contributed by atoms with Gasteiger partial charge in [0.2, 0.25) is 0 Å². The van der Waals surface area contributed by atoms with E-state index < -0.39 is 0 Å². The Bertz CT molecular complexity index is 1130. The zero-order valence-corrected chi connectivity index (χ0v) is 14.7. The third kappa shape index (κ3) is 2.74. The maximum absolute atomic E-state index is 2.35. The summed E-state index contributed by atoms with van der Waals surface area (Å²) in [5.74, 6) is 0. The molecule has 1 aliphatic carbocycles. The van der Waals surface area contributed by atoms with Gasteiger partial charge in [0, 0.05) is 0 Å². The van der Waals surface area contributed by atoms with Gasteiger partial charge in [-0.25, -0.2) is 0 Å². The van der Waals surface area contributed by atoms with Crippen molar-refractivity contribution in [2.45, 2.75) is 12.8 Å². The minimum Gasteiger partial charge on any atom is -0.0620 e. The summed E-state index contributed by atoms with van der Waals surface area (Å²) in [6, 6.07) is 30.8. The van der Waals surface area contributed by atoms with Gasteiger partial charge >= 0.3 is 0 Å². The largest absolute Gasteiger partial charge is 0.0620 e. The van der Waals surface area contributed by atoms with E-state index in [4.69, 9.17) is 0 Å². The molecule has 4 aromatic rings. The number of aryl methyl sites for hydroxylation is 2. The summed E-state index contributed by atoms with van der Waals surface area (Å²) in [7, 11) is 0. The fourth-order valence-electron chi connectivity index (χ4n) is 3.96. The van der Waals surface area contributed by atoms with Gasteiger partial charge in [0.1, 0.15) is 0 Å². The van der Waals surface area contributed by atoms with Gasteiger partial charge in [0.15, 0.2) is 0 Å². The Labute approximate surface area is 154 Å². The van der Waals surface area contributed by atoms with Crippen LogP contribution in [0.5, 0.6) is 0 Å². The monoisotopic (exact) mass is 332 g/mol. The van der Waals surface area contributed by atoms with Crippen molar-refractivity contribution in [1.82, 2.24) is 0 Å². The lowest BCUT2D eigenvalue weighted by Gasteiger charge is -2.20. The van der Waals surface area contributed by atoms with Gasteiger partial charge in [0.05, 0.1) is 0 Å². The molecule has 0 aliphatic heterocycles. The van der Waals surface area contributed by atoms with Crippen LogP contribution in [-0.2, 0) is 12.8 Å².